The topological polar surface area (TPSA) is 46.0 Å². The number of aliphatic hydroxyl groups is 1. The van der Waals surface area contributed by atoms with Crippen LogP contribution < -0.4 is 0 Å². The third-order valence-electron chi connectivity index (χ3n) is 8.53. The molecule has 0 radical (unpaired) electrons. The molecule has 1 aromatic rings. The van der Waals surface area contributed by atoms with E-state index in [4.69, 9.17) is 0 Å². The van der Waals surface area contributed by atoms with E-state index in [9.17, 15) is 5.11 Å². The normalized spacial score (nSPS) is 44.4. The lowest BCUT2D eigenvalue weighted by Crippen LogP contribution is -2.49. The largest absolute Gasteiger partial charge is 0.393 e. The Labute approximate surface area is 156 Å². The number of hydrogen-bond acceptors (Lipinski definition) is 3. The van der Waals surface area contributed by atoms with E-state index < -0.39 is 0 Å². The minimum atomic E-state index is -0.113. The molecule has 0 spiro atoms. The maximum atomic E-state index is 10.1. The van der Waals surface area contributed by atoms with Crippen LogP contribution in [0.25, 0.3) is 5.57 Å². The molecule has 3 unspecified atom stereocenters. The molecule has 5 rings (SSSR count). The molecule has 3 nitrogen and oxygen atoms in total. The maximum Gasteiger partial charge on any atom is 0.115 e. The van der Waals surface area contributed by atoms with E-state index in [0.717, 1.165) is 37.0 Å². The van der Waals surface area contributed by atoms with Crippen LogP contribution in [-0.2, 0) is 0 Å². The van der Waals surface area contributed by atoms with E-state index in [-0.39, 0.29) is 11.5 Å². The fourth-order valence-corrected chi connectivity index (χ4v) is 7.09. The fraction of sp³-hybridized carbons (Fsp3) is 0.652. The second-order valence-corrected chi connectivity index (χ2v) is 9.59. The summed E-state index contributed by atoms with van der Waals surface area (Å²) in [5.74, 6) is 2.29. The summed E-state index contributed by atoms with van der Waals surface area (Å²) in [6, 6.07) is 0. The van der Waals surface area contributed by atoms with Crippen LogP contribution in [0.2, 0.25) is 0 Å². The predicted molar refractivity (Wildman–Crippen MR) is 103 cm³/mol. The molecule has 1 N–H and O–H groups in total. The first-order valence-electron chi connectivity index (χ1n) is 10.4. The van der Waals surface area contributed by atoms with E-state index in [1.54, 1.807) is 11.9 Å². The number of hydrogen-bond donors (Lipinski definition) is 1. The molecule has 3 heteroatoms. The summed E-state index contributed by atoms with van der Waals surface area (Å²) in [7, 11) is 0. The summed E-state index contributed by atoms with van der Waals surface area (Å²) < 4.78 is 0. The van der Waals surface area contributed by atoms with Gasteiger partial charge in [-0.1, -0.05) is 31.6 Å². The smallest absolute Gasteiger partial charge is 0.115 e. The Morgan fingerprint density at radius 2 is 1.73 bits per heavy atom. The summed E-state index contributed by atoms with van der Waals surface area (Å²) in [5, 5.41) is 10.1. The molecule has 1 aromatic heterocycles. The summed E-state index contributed by atoms with van der Waals surface area (Å²) in [6.45, 7) is 4.99. The lowest BCUT2D eigenvalue weighted by molar-refractivity contribution is -0.0238. The maximum absolute atomic E-state index is 10.1. The minimum absolute atomic E-state index is 0.113. The van der Waals surface area contributed by atoms with Gasteiger partial charge in [-0.25, -0.2) is 9.97 Å². The Kier molecular flexibility index (Phi) is 3.69. The molecular formula is C23H30N2O. The van der Waals surface area contributed by atoms with Crippen molar-refractivity contribution in [2.45, 2.75) is 64.9 Å². The van der Waals surface area contributed by atoms with Crippen molar-refractivity contribution in [3.05, 3.63) is 42.0 Å². The van der Waals surface area contributed by atoms with Crippen molar-refractivity contribution in [2.24, 2.45) is 28.6 Å². The van der Waals surface area contributed by atoms with E-state index >= 15 is 0 Å². The first-order valence-corrected chi connectivity index (χ1v) is 10.4. The van der Waals surface area contributed by atoms with Crippen LogP contribution in [0.15, 0.2) is 36.4 Å². The third-order valence-corrected chi connectivity index (χ3v) is 8.53. The van der Waals surface area contributed by atoms with Crippen LogP contribution in [0.4, 0.5) is 0 Å². The van der Waals surface area contributed by atoms with Crippen molar-refractivity contribution in [3.63, 3.8) is 0 Å². The van der Waals surface area contributed by atoms with Gasteiger partial charge in [-0.2, -0.15) is 0 Å². The number of nitrogens with zero attached hydrogens (tertiary/aromatic N) is 2. The quantitative estimate of drug-likeness (QED) is 0.741. The molecule has 0 bridgehead atoms. The second-order valence-electron chi connectivity index (χ2n) is 9.59. The number of rotatable bonds is 1. The van der Waals surface area contributed by atoms with Gasteiger partial charge in [-0.05, 0) is 79.1 Å². The van der Waals surface area contributed by atoms with Gasteiger partial charge in [0, 0.05) is 18.0 Å². The zero-order valence-corrected chi connectivity index (χ0v) is 16.0. The van der Waals surface area contributed by atoms with Crippen molar-refractivity contribution in [3.8, 4) is 0 Å². The van der Waals surface area contributed by atoms with Gasteiger partial charge in [0.15, 0.2) is 0 Å². The van der Waals surface area contributed by atoms with Crippen molar-refractivity contribution in [2.75, 3.05) is 0 Å². The first kappa shape index (κ1) is 16.7. The van der Waals surface area contributed by atoms with Crippen LogP contribution >= 0.6 is 0 Å². The lowest BCUT2D eigenvalue weighted by atomic mass is 9.47. The number of aromatic nitrogens is 2. The summed E-state index contributed by atoms with van der Waals surface area (Å²) in [5.41, 5.74) is 4.85. The van der Waals surface area contributed by atoms with E-state index in [2.05, 4.69) is 36.0 Å². The highest BCUT2D eigenvalue weighted by Crippen LogP contribution is 2.66. The molecule has 2 saturated carbocycles. The Balaban J connectivity index is 1.48. The molecule has 26 heavy (non-hydrogen) atoms. The van der Waals surface area contributed by atoms with Crippen molar-refractivity contribution < 1.29 is 5.11 Å². The Morgan fingerprint density at radius 3 is 2.54 bits per heavy atom. The van der Waals surface area contributed by atoms with Crippen molar-refractivity contribution in [1.82, 2.24) is 9.97 Å². The van der Waals surface area contributed by atoms with Gasteiger partial charge in [0.25, 0.3) is 0 Å². The Morgan fingerprint density at radius 1 is 0.962 bits per heavy atom. The lowest BCUT2D eigenvalue weighted by Gasteiger charge is -2.57. The van der Waals surface area contributed by atoms with Crippen molar-refractivity contribution >= 4 is 5.57 Å². The van der Waals surface area contributed by atoms with Crippen LogP contribution in [0.1, 0.15) is 64.4 Å². The van der Waals surface area contributed by atoms with Crippen LogP contribution in [0.5, 0.6) is 0 Å². The average molecular weight is 351 g/mol. The monoisotopic (exact) mass is 350 g/mol. The molecule has 0 aliphatic heterocycles. The van der Waals surface area contributed by atoms with Crippen molar-refractivity contribution in [1.29, 1.82) is 0 Å². The van der Waals surface area contributed by atoms with Gasteiger partial charge < -0.3 is 5.11 Å². The van der Waals surface area contributed by atoms with Crippen LogP contribution in [0, 0.1) is 28.6 Å². The van der Waals surface area contributed by atoms with E-state index in [1.165, 1.54) is 36.8 Å². The van der Waals surface area contributed by atoms with Gasteiger partial charge >= 0.3 is 0 Å². The zero-order chi connectivity index (χ0) is 17.9. The molecule has 0 aromatic carbocycles. The molecule has 6 atom stereocenters. The Hall–Kier alpha value is -1.48. The third kappa shape index (κ3) is 2.22. The second kappa shape index (κ2) is 5.76. The van der Waals surface area contributed by atoms with Gasteiger partial charge in [0.1, 0.15) is 6.33 Å². The molecule has 4 aliphatic rings. The molecule has 0 amide bonds. The molecule has 1 heterocycles. The number of aliphatic hydroxyl groups excluding tert-OH is 1. The fourth-order valence-electron chi connectivity index (χ4n) is 7.09. The number of allylic oxidation sites excluding steroid dienone is 3. The highest BCUT2D eigenvalue weighted by molar-refractivity contribution is 5.72. The highest BCUT2D eigenvalue weighted by Gasteiger charge is 2.56. The standard InChI is InChI=1S/C23H30N2O/c1-22-9-7-17(26)11-16(22)3-4-18-20-6-5-19(15-12-24-14-25-13-15)23(20,2)10-8-21(18)22/h3,5,12-14,17-18,20-21,26H,4,6-11H2,1-2H3/t17-,18?,20?,21?,22-,23+/m0/s1. The minimum Gasteiger partial charge on any atom is -0.393 e. The van der Waals surface area contributed by atoms with E-state index in [0.29, 0.717) is 5.41 Å². The Bertz CT molecular complexity index is 770. The highest BCUT2D eigenvalue weighted by atomic mass is 16.3. The SMILES string of the molecule is C[C@]12CC[C@H](O)CC1=CCC1C2CC[C@]2(C)C(c3cncnc3)=CCC12. The molecule has 0 saturated heterocycles. The first-order chi connectivity index (χ1) is 12.5. The zero-order valence-electron chi connectivity index (χ0n) is 16.0. The van der Waals surface area contributed by atoms with Gasteiger partial charge in [-0.15, -0.1) is 0 Å². The van der Waals surface area contributed by atoms with Crippen LogP contribution in [0.3, 0.4) is 0 Å². The number of fused-ring (bicyclic) bond motifs is 5. The van der Waals surface area contributed by atoms with Crippen LogP contribution in [-0.4, -0.2) is 21.2 Å². The summed E-state index contributed by atoms with van der Waals surface area (Å²) >= 11 is 0. The summed E-state index contributed by atoms with van der Waals surface area (Å²) in [4.78, 5) is 8.53. The molecule has 138 valence electrons. The average Bonchev–Trinajstić information content (AvgIpc) is 3.00. The molecular weight excluding hydrogens is 320 g/mol. The molecule has 4 aliphatic carbocycles. The van der Waals surface area contributed by atoms with Gasteiger partial charge in [0.05, 0.1) is 6.10 Å². The van der Waals surface area contributed by atoms with Gasteiger partial charge in [0.2, 0.25) is 0 Å². The summed E-state index contributed by atoms with van der Waals surface area (Å²) in [6.07, 6.45) is 18.5. The van der Waals surface area contributed by atoms with E-state index in [1.807, 2.05) is 12.4 Å². The predicted octanol–water partition coefficient (Wildman–Crippen LogP) is 4.79. The molecule has 2 fully saturated rings. The van der Waals surface area contributed by atoms with Gasteiger partial charge in [-0.3, -0.25) is 0 Å².